The molecule has 0 radical (unpaired) electrons. The monoisotopic (exact) mass is 277 g/mol. The summed E-state index contributed by atoms with van der Waals surface area (Å²) in [5.41, 5.74) is 1.07. The van der Waals surface area contributed by atoms with Gasteiger partial charge in [-0.05, 0) is 67.7 Å². The molecule has 2 aliphatic carbocycles. The van der Waals surface area contributed by atoms with Gasteiger partial charge >= 0.3 is 0 Å². The highest BCUT2D eigenvalue weighted by Crippen LogP contribution is 2.57. The summed E-state index contributed by atoms with van der Waals surface area (Å²) in [5, 5.41) is 3.63. The second kappa shape index (κ2) is 5.72. The van der Waals surface area contributed by atoms with Crippen molar-refractivity contribution in [2.45, 2.75) is 38.6 Å². The molecular formula is C17H24FNO. The zero-order valence-electron chi connectivity index (χ0n) is 12.4. The van der Waals surface area contributed by atoms with Gasteiger partial charge in [0.1, 0.15) is 0 Å². The van der Waals surface area contributed by atoms with Gasteiger partial charge in [-0.15, -0.1) is 0 Å². The lowest BCUT2D eigenvalue weighted by atomic mass is 9.89. The van der Waals surface area contributed by atoms with E-state index >= 15 is 0 Å². The molecule has 1 N–H and O–H groups in total. The van der Waals surface area contributed by atoms with Gasteiger partial charge < -0.3 is 10.1 Å². The number of hydrogen-bond acceptors (Lipinski definition) is 2. The summed E-state index contributed by atoms with van der Waals surface area (Å²) in [6.45, 7) is 3.16. The zero-order valence-corrected chi connectivity index (χ0v) is 12.4. The Morgan fingerprint density at radius 1 is 1.30 bits per heavy atom. The third-order valence-electron chi connectivity index (χ3n) is 4.90. The highest BCUT2D eigenvalue weighted by atomic mass is 19.1. The van der Waals surface area contributed by atoms with Crippen LogP contribution in [-0.2, 0) is 0 Å². The second-order valence-electron chi connectivity index (χ2n) is 6.31. The predicted molar refractivity (Wildman–Crippen MR) is 78.3 cm³/mol. The van der Waals surface area contributed by atoms with Crippen molar-refractivity contribution in [2.75, 3.05) is 13.7 Å². The smallest absolute Gasteiger partial charge is 0.165 e. The maximum absolute atomic E-state index is 14.0. The zero-order chi connectivity index (χ0) is 14.1. The molecule has 110 valence electrons. The Balaban J connectivity index is 1.78. The van der Waals surface area contributed by atoms with Gasteiger partial charge in [-0.1, -0.05) is 13.0 Å². The molecule has 20 heavy (non-hydrogen) atoms. The Kier molecular flexibility index (Phi) is 3.97. The normalized spacial score (nSPS) is 29.1. The molecule has 3 unspecified atom stereocenters. The van der Waals surface area contributed by atoms with E-state index in [2.05, 4.69) is 12.2 Å². The summed E-state index contributed by atoms with van der Waals surface area (Å²) in [4.78, 5) is 0. The molecule has 0 aliphatic heterocycles. The fourth-order valence-corrected chi connectivity index (χ4v) is 3.77. The quantitative estimate of drug-likeness (QED) is 0.851. The van der Waals surface area contributed by atoms with Crippen molar-refractivity contribution in [1.29, 1.82) is 0 Å². The second-order valence-corrected chi connectivity index (χ2v) is 6.31. The molecule has 2 nitrogen and oxygen atoms in total. The van der Waals surface area contributed by atoms with Crippen LogP contribution in [-0.4, -0.2) is 13.7 Å². The van der Waals surface area contributed by atoms with Crippen LogP contribution in [0.1, 0.15) is 44.2 Å². The van der Waals surface area contributed by atoms with E-state index < -0.39 is 0 Å². The molecule has 0 amide bonds. The maximum Gasteiger partial charge on any atom is 0.165 e. The van der Waals surface area contributed by atoms with Crippen LogP contribution in [0, 0.1) is 23.6 Å². The number of rotatable bonds is 6. The molecule has 3 atom stereocenters. The van der Waals surface area contributed by atoms with Crippen LogP contribution in [0.25, 0.3) is 0 Å². The van der Waals surface area contributed by atoms with Crippen LogP contribution in [0.4, 0.5) is 4.39 Å². The fraction of sp³-hybridized carbons (Fsp3) is 0.647. The lowest BCUT2D eigenvalue weighted by Crippen LogP contribution is -2.28. The van der Waals surface area contributed by atoms with Gasteiger partial charge in [0.2, 0.25) is 0 Å². The fourth-order valence-electron chi connectivity index (χ4n) is 3.77. The topological polar surface area (TPSA) is 21.3 Å². The first-order valence-electron chi connectivity index (χ1n) is 7.79. The van der Waals surface area contributed by atoms with Gasteiger partial charge in [-0.2, -0.15) is 0 Å². The molecule has 3 rings (SSSR count). The number of hydrogen-bond donors (Lipinski definition) is 1. The summed E-state index contributed by atoms with van der Waals surface area (Å²) in [6, 6.07) is 5.71. The van der Waals surface area contributed by atoms with E-state index in [0.29, 0.717) is 17.7 Å². The molecule has 0 spiro atoms. The van der Waals surface area contributed by atoms with Crippen molar-refractivity contribution in [1.82, 2.24) is 5.32 Å². The van der Waals surface area contributed by atoms with Crippen LogP contribution < -0.4 is 10.1 Å². The van der Waals surface area contributed by atoms with Gasteiger partial charge in [0.05, 0.1) is 7.11 Å². The van der Waals surface area contributed by atoms with Crippen molar-refractivity contribution in [3.8, 4) is 5.75 Å². The van der Waals surface area contributed by atoms with Crippen LogP contribution >= 0.6 is 0 Å². The Hall–Kier alpha value is -1.09. The standard InChI is InChI=1S/C17H24FNO/c1-3-6-19-17(14-8-12-7-13(12)9-14)11-4-5-16(20-2)15(18)10-11/h4-5,10,12-14,17,19H,3,6-9H2,1-2H3. The molecule has 2 saturated carbocycles. The van der Waals surface area contributed by atoms with Crippen molar-refractivity contribution in [2.24, 2.45) is 17.8 Å². The lowest BCUT2D eigenvalue weighted by Gasteiger charge is -2.27. The van der Waals surface area contributed by atoms with E-state index in [4.69, 9.17) is 4.74 Å². The molecule has 1 aromatic carbocycles. The molecule has 2 fully saturated rings. The number of nitrogens with one attached hydrogen (secondary N) is 1. The Morgan fingerprint density at radius 2 is 2.05 bits per heavy atom. The largest absolute Gasteiger partial charge is 0.494 e. The molecule has 0 saturated heterocycles. The highest BCUT2D eigenvalue weighted by Gasteiger charge is 2.48. The molecular weight excluding hydrogens is 253 g/mol. The van der Waals surface area contributed by atoms with E-state index in [0.717, 1.165) is 30.4 Å². The Bertz CT molecular complexity index is 466. The van der Waals surface area contributed by atoms with Gasteiger partial charge in [-0.25, -0.2) is 4.39 Å². The maximum atomic E-state index is 14.0. The van der Waals surface area contributed by atoms with Crippen LogP contribution in [0.5, 0.6) is 5.75 Å². The first-order valence-corrected chi connectivity index (χ1v) is 7.79. The number of ether oxygens (including phenoxy) is 1. The van der Waals surface area contributed by atoms with E-state index in [9.17, 15) is 4.39 Å². The third-order valence-corrected chi connectivity index (χ3v) is 4.90. The number of benzene rings is 1. The van der Waals surface area contributed by atoms with E-state index in [1.165, 1.54) is 26.4 Å². The summed E-state index contributed by atoms with van der Waals surface area (Å²) >= 11 is 0. The lowest BCUT2D eigenvalue weighted by molar-refractivity contribution is 0.339. The number of halogens is 1. The van der Waals surface area contributed by atoms with E-state index in [1.807, 2.05) is 6.07 Å². The summed E-state index contributed by atoms with van der Waals surface area (Å²) in [5.74, 6) is 2.65. The summed E-state index contributed by atoms with van der Waals surface area (Å²) < 4.78 is 19.0. The third kappa shape index (κ3) is 2.69. The molecule has 0 heterocycles. The number of methoxy groups -OCH3 is 1. The van der Waals surface area contributed by atoms with Gasteiger partial charge in [0.15, 0.2) is 11.6 Å². The van der Waals surface area contributed by atoms with Crippen LogP contribution in [0.2, 0.25) is 0 Å². The SMILES string of the molecule is CCCNC(c1ccc(OC)c(F)c1)C1CC2CC2C1. The molecule has 0 bridgehead atoms. The molecule has 2 aliphatic rings. The minimum absolute atomic E-state index is 0.253. The van der Waals surface area contributed by atoms with Crippen LogP contribution in [0.15, 0.2) is 18.2 Å². The minimum atomic E-state index is -0.253. The van der Waals surface area contributed by atoms with Crippen molar-refractivity contribution in [3.05, 3.63) is 29.6 Å². The average molecular weight is 277 g/mol. The van der Waals surface area contributed by atoms with Gasteiger partial charge in [0.25, 0.3) is 0 Å². The summed E-state index contributed by atoms with van der Waals surface area (Å²) in [7, 11) is 1.51. The highest BCUT2D eigenvalue weighted by molar-refractivity contribution is 5.31. The summed E-state index contributed by atoms with van der Waals surface area (Å²) in [6.07, 6.45) is 5.14. The average Bonchev–Trinajstić information content (AvgIpc) is 3.06. The Morgan fingerprint density at radius 3 is 2.65 bits per heavy atom. The minimum Gasteiger partial charge on any atom is -0.494 e. The number of fused-ring (bicyclic) bond motifs is 1. The van der Waals surface area contributed by atoms with E-state index in [1.54, 1.807) is 12.1 Å². The van der Waals surface area contributed by atoms with Crippen molar-refractivity contribution in [3.63, 3.8) is 0 Å². The van der Waals surface area contributed by atoms with Crippen molar-refractivity contribution < 1.29 is 9.13 Å². The van der Waals surface area contributed by atoms with Crippen molar-refractivity contribution >= 4 is 0 Å². The van der Waals surface area contributed by atoms with Gasteiger partial charge in [-0.3, -0.25) is 0 Å². The first kappa shape index (κ1) is 13.9. The van der Waals surface area contributed by atoms with Crippen LogP contribution in [0.3, 0.4) is 0 Å². The predicted octanol–water partition coefficient (Wildman–Crippen LogP) is 3.92. The van der Waals surface area contributed by atoms with E-state index in [-0.39, 0.29) is 5.82 Å². The first-order chi connectivity index (χ1) is 9.72. The van der Waals surface area contributed by atoms with Gasteiger partial charge in [0, 0.05) is 6.04 Å². The molecule has 3 heteroatoms. The molecule has 1 aromatic rings. The Labute approximate surface area is 120 Å². The molecule has 0 aromatic heterocycles.